The average Bonchev–Trinajstić information content (AvgIpc) is 2.50. The van der Waals surface area contributed by atoms with E-state index in [4.69, 9.17) is 4.74 Å². The molecule has 0 aliphatic rings. The van der Waals surface area contributed by atoms with Crippen molar-refractivity contribution in [1.29, 1.82) is 0 Å². The number of nitrogens with one attached hydrogen (secondary N) is 1. The molecule has 0 saturated carbocycles. The van der Waals surface area contributed by atoms with Crippen molar-refractivity contribution >= 4 is 5.97 Å². The minimum atomic E-state index is -0.742. The summed E-state index contributed by atoms with van der Waals surface area (Å²) in [6, 6.07) is 10.1. The fourth-order valence-electron chi connectivity index (χ4n) is 2.46. The molecule has 0 saturated heterocycles. The molecule has 0 fully saturated rings. The number of ether oxygens (including phenoxy) is 1. The molecule has 0 amide bonds. The standard InChI is InChI=1S/C17H27NO3/c1-3-4-10-16(15(17(19)20)11-12-21-2)18-13-14-8-6-5-7-9-14/h5-9,15-16,18H,3-4,10-13H2,1-2H3,(H,19,20). The highest BCUT2D eigenvalue weighted by Gasteiger charge is 2.27. The molecule has 118 valence electrons. The topological polar surface area (TPSA) is 58.6 Å². The third-order valence-electron chi connectivity index (χ3n) is 3.72. The first-order chi connectivity index (χ1) is 10.2. The van der Waals surface area contributed by atoms with E-state index in [0.717, 1.165) is 19.3 Å². The van der Waals surface area contributed by atoms with E-state index in [2.05, 4.69) is 24.4 Å². The average molecular weight is 293 g/mol. The molecule has 2 N–H and O–H groups in total. The largest absolute Gasteiger partial charge is 0.481 e. The highest BCUT2D eigenvalue weighted by molar-refractivity contribution is 5.70. The van der Waals surface area contributed by atoms with Crippen LogP contribution >= 0.6 is 0 Å². The predicted octanol–water partition coefficient (Wildman–Crippen LogP) is 3.07. The number of carboxylic acid groups (broad SMARTS) is 1. The van der Waals surface area contributed by atoms with Crippen molar-refractivity contribution in [3.8, 4) is 0 Å². The fraction of sp³-hybridized carbons (Fsp3) is 0.588. The highest BCUT2D eigenvalue weighted by atomic mass is 16.5. The van der Waals surface area contributed by atoms with E-state index in [9.17, 15) is 9.90 Å². The van der Waals surface area contributed by atoms with Gasteiger partial charge in [0.2, 0.25) is 0 Å². The van der Waals surface area contributed by atoms with Gasteiger partial charge in [0, 0.05) is 26.3 Å². The normalized spacial score (nSPS) is 13.8. The summed E-state index contributed by atoms with van der Waals surface area (Å²) >= 11 is 0. The Morgan fingerprint density at radius 3 is 2.57 bits per heavy atom. The monoisotopic (exact) mass is 293 g/mol. The van der Waals surface area contributed by atoms with Crippen LogP contribution in [0, 0.1) is 5.92 Å². The van der Waals surface area contributed by atoms with Crippen LogP contribution in [0.5, 0.6) is 0 Å². The lowest BCUT2D eigenvalue weighted by atomic mass is 9.92. The Morgan fingerprint density at radius 2 is 2.00 bits per heavy atom. The maximum absolute atomic E-state index is 11.5. The molecule has 1 aromatic rings. The molecule has 4 heteroatoms. The Morgan fingerprint density at radius 1 is 1.29 bits per heavy atom. The number of carbonyl (C=O) groups is 1. The summed E-state index contributed by atoms with van der Waals surface area (Å²) in [5, 5.41) is 12.9. The van der Waals surface area contributed by atoms with Gasteiger partial charge in [-0.2, -0.15) is 0 Å². The molecule has 0 spiro atoms. The summed E-state index contributed by atoms with van der Waals surface area (Å²) in [4.78, 5) is 11.5. The van der Waals surface area contributed by atoms with Gasteiger partial charge in [-0.25, -0.2) is 0 Å². The highest BCUT2D eigenvalue weighted by Crippen LogP contribution is 2.16. The van der Waals surface area contributed by atoms with Gasteiger partial charge < -0.3 is 15.2 Å². The molecule has 2 unspecified atom stereocenters. The van der Waals surface area contributed by atoms with E-state index >= 15 is 0 Å². The van der Waals surface area contributed by atoms with Crippen molar-refractivity contribution in [1.82, 2.24) is 5.32 Å². The molecule has 0 aliphatic heterocycles. The molecule has 0 aliphatic carbocycles. The Hall–Kier alpha value is -1.39. The van der Waals surface area contributed by atoms with Crippen molar-refractivity contribution in [3.63, 3.8) is 0 Å². The second-order valence-electron chi connectivity index (χ2n) is 5.34. The third kappa shape index (κ3) is 6.74. The number of hydrogen-bond acceptors (Lipinski definition) is 3. The summed E-state index contributed by atoms with van der Waals surface area (Å²) in [7, 11) is 1.61. The van der Waals surface area contributed by atoms with E-state index in [1.165, 1.54) is 5.56 Å². The zero-order valence-electron chi connectivity index (χ0n) is 13.0. The Balaban J connectivity index is 2.65. The number of carboxylic acids is 1. The van der Waals surface area contributed by atoms with E-state index in [-0.39, 0.29) is 6.04 Å². The molecule has 0 heterocycles. The van der Waals surface area contributed by atoms with E-state index in [1.54, 1.807) is 7.11 Å². The molecule has 1 aromatic carbocycles. The molecule has 1 rings (SSSR count). The van der Waals surface area contributed by atoms with Gasteiger partial charge in [-0.15, -0.1) is 0 Å². The summed E-state index contributed by atoms with van der Waals surface area (Å²) < 4.78 is 5.05. The quantitative estimate of drug-likeness (QED) is 0.658. The second-order valence-corrected chi connectivity index (χ2v) is 5.34. The first kappa shape index (κ1) is 17.7. The molecule has 0 radical (unpaired) electrons. The van der Waals surface area contributed by atoms with Crippen LogP contribution in [0.15, 0.2) is 30.3 Å². The maximum atomic E-state index is 11.5. The van der Waals surface area contributed by atoms with Gasteiger partial charge in [0.25, 0.3) is 0 Å². The van der Waals surface area contributed by atoms with Crippen LogP contribution < -0.4 is 5.32 Å². The van der Waals surface area contributed by atoms with Crippen LogP contribution in [-0.2, 0) is 16.1 Å². The van der Waals surface area contributed by atoms with Crippen molar-refractivity contribution in [2.24, 2.45) is 5.92 Å². The molecule has 4 nitrogen and oxygen atoms in total. The molecular weight excluding hydrogens is 266 g/mol. The summed E-state index contributed by atoms with van der Waals surface area (Å²) in [5.74, 6) is -1.14. The van der Waals surface area contributed by atoms with Crippen LogP contribution in [0.4, 0.5) is 0 Å². The number of hydrogen-bond donors (Lipinski definition) is 2. The molecule has 2 atom stereocenters. The Labute approximate surface area is 127 Å². The van der Waals surface area contributed by atoms with Crippen LogP contribution in [0.1, 0.15) is 38.2 Å². The lowest BCUT2D eigenvalue weighted by Crippen LogP contribution is -2.40. The Bertz CT molecular complexity index is 394. The van der Waals surface area contributed by atoms with Crippen LogP contribution in [0.25, 0.3) is 0 Å². The van der Waals surface area contributed by atoms with Gasteiger partial charge in [-0.05, 0) is 18.4 Å². The van der Waals surface area contributed by atoms with Crippen molar-refractivity contribution in [3.05, 3.63) is 35.9 Å². The van der Waals surface area contributed by atoms with Crippen LogP contribution in [0.3, 0.4) is 0 Å². The molecular formula is C17H27NO3. The van der Waals surface area contributed by atoms with Crippen molar-refractivity contribution in [2.45, 2.75) is 45.2 Å². The third-order valence-corrected chi connectivity index (χ3v) is 3.72. The fourth-order valence-corrected chi connectivity index (χ4v) is 2.46. The zero-order chi connectivity index (χ0) is 15.5. The smallest absolute Gasteiger partial charge is 0.308 e. The first-order valence-electron chi connectivity index (χ1n) is 7.68. The van der Waals surface area contributed by atoms with Gasteiger partial charge in [0.15, 0.2) is 0 Å². The van der Waals surface area contributed by atoms with Gasteiger partial charge in [-0.1, -0.05) is 50.1 Å². The van der Waals surface area contributed by atoms with Crippen molar-refractivity contribution < 1.29 is 14.6 Å². The Kier molecular flexibility index (Phi) is 8.71. The molecule has 0 aromatic heterocycles. The van der Waals surface area contributed by atoms with Gasteiger partial charge in [-0.3, -0.25) is 4.79 Å². The first-order valence-corrected chi connectivity index (χ1v) is 7.68. The summed E-state index contributed by atoms with van der Waals surface area (Å²) in [6.07, 6.45) is 3.52. The van der Waals surface area contributed by atoms with E-state index in [0.29, 0.717) is 19.6 Å². The van der Waals surface area contributed by atoms with Crippen molar-refractivity contribution in [2.75, 3.05) is 13.7 Å². The number of rotatable bonds is 11. The van der Waals surface area contributed by atoms with Gasteiger partial charge >= 0.3 is 5.97 Å². The van der Waals surface area contributed by atoms with Gasteiger partial charge in [0.05, 0.1) is 5.92 Å². The number of benzene rings is 1. The predicted molar refractivity (Wildman–Crippen MR) is 84.2 cm³/mol. The molecule has 0 bridgehead atoms. The zero-order valence-corrected chi connectivity index (χ0v) is 13.0. The summed E-state index contributed by atoms with van der Waals surface area (Å²) in [6.45, 7) is 3.30. The number of unbranched alkanes of at least 4 members (excludes halogenated alkanes) is 1. The lowest BCUT2D eigenvalue weighted by molar-refractivity contribution is -0.143. The van der Waals surface area contributed by atoms with E-state index < -0.39 is 11.9 Å². The summed E-state index contributed by atoms with van der Waals surface area (Å²) in [5.41, 5.74) is 1.18. The maximum Gasteiger partial charge on any atom is 0.308 e. The van der Waals surface area contributed by atoms with Crippen LogP contribution in [0.2, 0.25) is 0 Å². The minimum absolute atomic E-state index is 0.0159. The minimum Gasteiger partial charge on any atom is -0.481 e. The second kappa shape index (κ2) is 10.4. The van der Waals surface area contributed by atoms with E-state index in [1.807, 2.05) is 18.2 Å². The van der Waals surface area contributed by atoms with Gasteiger partial charge in [0.1, 0.15) is 0 Å². The number of methoxy groups -OCH3 is 1. The number of aliphatic carboxylic acids is 1. The lowest BCUT2D eigenvalue weighted by Gasteiger charge is -2.25. The SMILES string of the molecule is CCCCC(NCc1ccccc1)C(CCOC)C(=O)O. The van der Waals surface area contributed by atoms with Crippen LogP contribution in [-0.4, -0.2) is 30.8 Å². The molecule has 21 heavy (non-hydrogen) atoms.